The van der Waals surface area contributed by atoms with E-state index in [0.717, 1.165) is 29.9 Å². The van der Waals surface area contributed by atoms with Gasteiger partial charge in [0.1, 0.15) is 5.75 Å². The number of nitrogens with one attached hydrogen (secondary N) is 2. The van der Waals surface area contributed by atoms with Crippen LogP contribution in [-0.4, -0.2) is 33.6 Å². The number of benzene rings is 2. The summed E-state index contributed by atoms with van der Waals surface area (Å²) in [4.78, 5) is 9.85. The molecule has 0 radical (unpaired) electrons. The number of thiocarbonyl (C=S) groups is 1. The molecule has 0 atom stereocenters. The standard InChI is InChI=1S/C26H28N4OS/c1-18-5-4-6-21(15-18)29-26(32)30(17-20-9-12-27-13-10-20)14-11-23-19(2)28-25-8-7-22(31-3)16-24(23)25/h4-10,12-13,15-16,28H,11,14,17H2,1-3H3,(H,29,32). The highest BCUT2D eigenvalue weighted by molar-refractivity contribution is 7.80. The monoisotopic (exact) mass is 444 g/mol. The van der Waals surface area contributed by atoms with Crippen LogP contribution >= 0.6 is 12.2 Å². The third-order valence-electron chi connectivity index (χ3n) is 5.64. The fraction of sp³-hybridized carbons (Fsp3) is 0.231. The van der Waals surface area contributed by atoms with Gasteiger partial charge in [0.05, 0.1) is 7.11 Å². The number of nitrogens with zero attached hydrogens (tertiary/aromatic N) is 2. The number of pyridine rings is 1. The molecule has 0 unspecified atom stereocenters. The molecular formula is C26H28N4OS. The van der Waals surface area contributed by atoms with Gasteiger partial charge < -0.3 is 19.9 Å². The molecule has 2 heterocycles. The number of fused-ring (bicyclic) bond motifs is 1. The number of ether oxygens (including phenoxy) is 1. The lowest BCUT2D eigenvalue weighted by molar-refractivity contribution is 0.415. The Morgan fingerprint density at radius 2 is 1.91 bits per heavy atom. The van der Waals surface area contributed by atoms with Crippen LogP contribution in [0.1, 0.15) is 22.4 Å². The van der Waals surface area contributed by atoms with Gasteiger partial charge in [0.25, 0.3) is 0 Å². The Hall–Kier alpha value is -3.38. The number of aromatic amines is 1. The van der Waals surface area contributed by atoms with Gasteiger partial charge in [-0.15, -0.1) is 0 Å². The lowest BCUT2D eigenvalue weighted by Crippen LogP contribution is -2.36. The highest BCUT2D eigenvalue weighted by Gasteiger charge is 2.15. The lowest BCUT2D eigenvalue weighted by atomic mass is 10.1. The minimum absolute atomic E-state index is 0.711. The molecule has 0 spiro atoms. The van der Waals surface area contributed by atoms with Gasteiger partial charge in [0, 0.05) is 47.8 Å². The second-order valence-electron chi connectivity index (χ2n) is 7.97. The number of aryl methyl sites for hydroxylation is 2. The Kier molecular flexibility index (Phi) is 6.71. The van der Waals surface area contributed by atoms with Crippen LogP contribution in [0.3, 0.4) is 0 Å². The predicted octanol–water partition coefficient (Wildman–Crippen LogP) is 5.63. The molecular weight excluding hydrogens is 416 g/mol. The van der Waals surface area contributed by atoms with Crippen LogP contribution in [0.5, 0.6) is 5.75 Å². The number of H-pyrrole nitrogens is 1. The second-order valence-corrected chi connectivity index (χ2v) is 8.35. The Morgan fingerprint density at radius 3 is 2.66 bits per heavy atom. The van der Waals surface area contributed by atoms with Crippen LogP contribution in [0.2, 0.25) is 0 Å². The number of hydrogen-bond acceptors (Lipinski definition) is 3. The van der Waals surface area contributed by atoms with Crippen LogP contribution in [0.15, 0.2) is 67.0 Å². The van der Waals surface area contributed by atoms with E-state index in [9.17, 15) is 0 Å². The van der Waals surface area contributed by atoms with Gasteiger partial charge >= 0.3 is 0 Å². The van der Waals surface area contributed by atoms with Gasteiger partial charge in [-0.1, -0.05) is 12.1 Å². The van der Waals surface area contributed by atoms with Gasteiger partial charge in [0.2, 0.25) is 0 Å². The first-order valence-corrected chi connectivity index (χ1v) is 11.1. The van der Waals surface area contributed by atoms with E-state index in [1.165, 1.54) is 27.8 Å². The topological polar surface area (TPSA) is 53.2 Å². The summed E-state index contributed by atoms with van der Waals surface area (Å²) >= 11 is 5.83. The van der Waals surface area contributed by atoms with Crippen molar-refractivity contribution < 1.29 is 4.74 Å². The van der Waals surface area contributed by atoms with E-state index in [4.69, 9.17) is 17.0 Å². The van der Waals surface area contributed by atoms with Crippen LogP contribution in [-0.2, 0) is 13.0 Å². The maximum absolute atomic E-state index is 5.83. The first kappa shape index (κ1) is 21.8. The number of rotatable bonds is 7. The molecule has 5 nitrogen and oxygen atoms in total. The quantitative estimate of drug-likeness (QED) is 0.362. The van der Waals surface area contributed by atoms with Crippen LogP contribution in [0.4, 0.5) is 5.69 Å². The maximum atomic E-state index is 5.83. The molecule has 0 aliphatic rings. The van der Waals surface area contributed by atoms with Crippen molar-refractivity contribution >= 4 is 33.9 Å². The summed E-state index contributed by atoms with van der Waals surface area (Å²) in [5.74, 6) is 0.864. The number of anilines is 1. The van der Waals surface area contributed by atoms with Crippen molar-refractivity contribution in [2.45, 2.75) is 26.8 Å². The molecule has 0 aliphatic carbocycles. The summed E-state index contributed by atoms with van der Waals surface area (Å²) in [6.07, 6.45) is 4.50. The van der Waals surface area contributed by atoms with Gasteiger partial charge in [-0.05, 0) is 91.6 Å². The maximum Gasteiger partial charge on any atom is 0.173 e. The van der Waals surface area contributed by atoms with E-state index in [0.29, 0.717) is 11.7 Å². The summed E-state index contributed by atoms with van der Waals surface area (Å²) < 4.78 is 5.44. The molecule has 0 saturated carbocycles. The van der Waals surface area contributed by atoms with Crippen molar-refractivity contribution in [2.24, 2.45) is 0 Å². The van der Waals surface area contributed by atoms with Crippen molar-refractivity contribution in [2.75, 3.05) is 19.0 Å². The Bertz CT molecular complexity index is 1220. The van der Waals surface area contributed by atoms with Gasteiger partial charge in [0.15, 0.2) is 5.11 Å². The third kappa shape index (κ3) is 5.08. The first-order valence-electron chi connectivity index (χ1n) is 10.7. The average Bonchev–Trinajstić information content (AvgIpc) is 3.11. The number of methoxy groups -OCH3 is 1. The highest BCUT2D eigenvalue weighted by Crippen LogP contribution is 2.27. The van der Waals surface area contributed by atoms with Gasteiger partial charge in [-0.2, -0.15) is 0 Å². The van der Waals surface area contributed by atoms with E-state index in [1.54, 1.807) is 7.11 Å². The fourth-order valence-corrected chi connectivity index (χ4v) is 4.22. The van der Waals surface area contributed by atoms with Crippen molar-refractivity contribution in [1.29, 1.82) is 0 Å². The normalized spacial score (nSPS) is 10.8. The number of aromatic nitrogens is 2. The molecule has 6 heteroatoms. The zero-order valence-corrected chi connectivity index (χ0v) is 19.5. The van der Waals surface area contributed by atoms with Crippen molar-refractivity contribution in [3.8, 4) is 5.75 Å². The molecule has 2 aromatic heterocycles. The lowest BCUT2D eigenvalue weighted by Gasteiger charge is -2.26. The molecule has 0 saturated heterocycles. The van der Waals surface area contributed by atoms with E-state index in [2.05, 4.69) is 58.3 Å². The summed E-state index contributed by atoms with van der Waals surface area (Å²) in [5.41, 5.74) is 6.96. The Morgan fingerprint density at radius 1 is 1.09 bits per heavy atom. The number of hydrogen-bond donors (Lipinski definition) is 2. The molecule has 2 N–H and O–H groups in total. The van der Waals surface area contributed by atoms with Crippen LogP contribution < -0.4 is 10.1 Å². The summed E-state index contributed by atoms with van der Waals surface area (Å²) in [5, 5.41) is 5.33. The molecule has 4 rings (SSSR count). The molecule has 4 aromatic rings. The molecule has 0 fully saturated rings. The van der Waals surface area contributed by atoms with E-state index in [1.807, 2.05) is 42.7 Å². The zero-order valence-electron chi connectivity index (χ0n) is 18.7. The van der Waals surface area contributed by atoms with Gasteiger partial charge in [-0.3, -0.25) is 4.98 Å². The predicted molar refractivity (Wildman–Crippen MR) is 135 cm³/mol. The second kappa shape index (κ2) is 9.83. The largest absolute Gasteiger partial charge is 0.497 e. The highest BCUT2D eigenvalue weighted by atomic mass is 32.1. The van der Waals surface area contributed by atoms with Crippen molar-refractivity contribution in [3.63, 3.8) is 0 Å². The van der Waals surface area contributed by atoms with Crippen molar-refractivity contribution in [1.82, 2.24) is 14.9 Å². The van der Waals surface area contributed by atoms with Crippen LogP contribution in [0.25, 0.3) is 10.9 Å². The van der Waals surface area contributed by atoms with Crippen molar-refractivity contribution in [3.05, 3.63) is 89.4 Å². The summed E-state index contributed by atoms with van der Waals surface area (Å²) in [7, 11) is 1.70. The summed E-state index contributed by atoms with van der Waals surface area (Å²) in [6, 6.07) is 18.5. The zero-order chi connectivity index (χ0) is 22.5. The Labute approximate surface area is 194 Å². The average molecular weight is 445 g/mol. The first-order chi connectivity index (χ1) is 15.5. The van der Waals surface area contributed by atoms with E-state index < -0.39 is 0 Å². The molecule has 2 aromatic carbocycles. The molecule has 0 aliphatic heterocycles. The summed E-state index contributed by atoms with van der Waals surface area (Å²) in [6.45, 7) is 5.70. The van der Waals surface area contributed by atoms with E-state index >= 15 is 0 Å². The molecule has 164 valence electrons. The molecule has 0 bridgehead atoms. The molecule has 32 heavy (non-hydrogen) atoms. The third-order valence-corrected chi connectivity index (χ3v) is 6.00. The fourth-order valence-electron chi connectivity index (χ4n) is 3.94. The molecule has 0 amide bonds. The smallest absolute Gasteiger partial charge is 0.173 e. The minimum atomic E-state index is 0.711. The van der Waals surface area contributed by atoms with Crippen LogP contribution in [0, 0.1) is 13.8 Å². The minimum Gasteiger partial charge on any atom is -0.497 e. The SMILES string of the molecule is COc1ccc2[nH]c(C)c(CCN(Cc3ccncc3)C(=S)Nc3cccc(C)c3)c2c1. The van der Waals surface area contributed by atoms with E-state index in [-0.39, 0.29) is 0 Å². The Balaban J connectivity index is 1.57. The van der Waals surface area contributed by atoms with Gasteiger partial charge in [-0.25, -0.2) is 0 Å².